The molecule has 0 aliphatic carbocycles. The van der Waals surface area contributed by atoms with E-state index in [1.165, 1.54) is 4.90 Å². The summed E-state index contributed by atoms with van der Waals surface area (Å²) in [5.74, 6) is 0.589. The number of sulfone groups is 1. The molecule has 0 saturated carbocycles. The lowest BCUT2D eigenvalue weighted by Crippen LogP contribution is -2.40. The summed E-state index contributed by atoms with van der Waals surface area (Å²) < 4.78 is 34.8. The number of benzene rings is 2. The van der Waals surface area contributed by atoms with Crippen molar-refractivity contribution in [1.82, 2.24) is 4.90 Å². The quantitative estimate of drug-likeness (QED) is 0.561. The minimum atomic E-state index is -3.08. The summed E-state index contributed by atoms with van der Waals surface area (Å²) in [4.78, 5) is 26.9. The zero-order valence-electron chi connectivity index (χ0n) is 17.6. The van der Waals surface area contributed by atoms with Gasteiger partial charge in [-0.1, -0.05) is 23.7 Å². The molecule has 2 aromatic carbocycles. The van der Waals surface area contributed by atoms with Gasteiger partial charge in [0.05, 0.1) is 22.5 Å². The van der Waals surface area contributed by atoms with E-state index in [-0.39, 0.29) is 35.5 Å². The first kappa shape index (κ1) is 22.4. The van der Waals surface area contributed by atoms with Crippen LogP contribution in [0.1, 0.15) is 12.2 Å². The first-order valence-electron chi connectivity index (χ1n) is 10.1. The molecule has 1 aromatic heterocycles. The van der Waals surface area contributed by atoms with Gasteiger partial charge in [-0.3, -0.25) is 9.59 Å². The van der Waals surface area contributed by atoms with Crippen molar-refractivity contribution in [1.29, 1.82) is 0 Å². The molecule has 1 saturated heterocycles. The highest BCUT2D eigenvalue weighted by Crippen LogP contribution is 2.27. The van der Waals surface area contributed by atoms with Crippen molar-refractivity contribution in [3.8, 4) is 16.9 Å². The fraction of sp³-hybridized carbons (Fsp3) is 0.304. The Bertz CT molecular complexity index is 1350. The number of amides is 1. The smallest absolute Gasteiger partial charge is 0.260 e. The Kier molecular flexibility index (Phi) is 6.01. The van der Waals surface area contributed by atoms with Gasteiger partial charge in [0.1, 0.15) is 17.1 Å². The van der Waals surface area contributed by atoms with E-state index >= 15 is 0 Å². The number of halogens is 1. The monoisotopic (exact) mass is 475 g/mol. The molecule has 1 aliphatic rings. The summed E-state index contributed by atoms with van der Waals surface area (Å²) in [6, 6.07) is 11.4. The van der Waals surface area contributed by atoms with Crippen LogP contribution in [-0.4, -0.2) is 50.4 Å². The number of carbonyl (C=O) groups excluding carboxylic acids is 1. The summed E-state index contributed by atoms with van der Waals surface area (Å²) >= 11 is 5.94. The highest BCUT2D eigenvalue weighted by molar-refractivity contribution is 7.91. The average Bonchev–Trinajstić information content (AvgIpc) is 3.12. The second-order valence-electron chi connectivity index (χ2n) is 7.88. The Morgan fingerprint density at radius 3 is 2.59 bits per heavy atom. The van der Waals surface area contributed by atoms with Gasteiger partial charge < -0.3 is 14.1 Å². The highest BCUT2D eigenvalue weighted by Gasteiger charge is 2.32. The minimum absolute atomic E-state index is 0.0222. The van der Waals surface area contributed by atoms with Gasteiger partial charge in [0.2, 0.25) is 5.43 Å². The van der Waals surface area contributed by atoms with Crippen LogP contribution in [0, 0.1) is 6.92 Å². The molecule has 0 N–H and O–H groups in total. The first-order chi connectivity index (χ1) is 15.1. The van der Waals surface area contributed by atoms with Crippen molar-refractivity contribution in [3.63, 3.8) is 0 Å². The van der Waals surface area contributed by atoms with Gasteiger partial charge in [-0.2, -0.15) is 0 Å². The molecule has 1 fully saturated rings. The van der Waals surface area contributed by atoms with Crippen LogP contribution in [0.3, 0.4) is 0 Å². The van der Waals surface area contributed by atoms with Crippen LogP contribution in [0.2, 0.25) is 5.02 Å². The third kappa shape index (κ3) is 4.52. The van der Waals surface area contributed by atoms with Gasteiger partial charge in [0, 0.05) is 24.2 Å². The molecule has 168 valence electrons. The third-order valence-corrected chi connectivity index (χ3v) is 7.69. The lowest BCUT2D eigenvalue weighted by molar-refractivity contribution is -0.133. The number of hydrogen-bond donors (Lipinski definition) is 0. The largest absolute Gasteiger partial charge is 0.484 e. The number of likely N-dealkylation sites (N-methyl/N-ethyl adjacent to an activating group) is 1. The van der Waals surface area contributed by atoms with Crippen LogP contribution in [-0.2, 0) is 14.6 Å². The summed E-state index contributed by atoms with van der Waals surface area (Å²) in [6.45, 7) is 1.47. The van der Waals surface area contributed by atoms with E-state index in [1.807, 2.05) is 0 Å². The van der Waals surface area contributed by atoms with Gasteiger partial charge >= 0.3 is 0 Å². The number of ether oxygens (including phenoxy) is 1. The van der Waals surface area contributed by atoms with E-state index in [0.717, 1.165) is 0 Å². The van der Waals surface area contributed by atoms with Crippen LogP contribution >= 0.6 is 11.6 Å². The van der Waals surface area contributed by atoms with Gasteiger partial charge in [0.25, 0.3) is 5.91 Å². The standard InChI is InChI=1S/C23H22ClNO6S/c1-14-22(15-3-5-16(24)6-4-15)23(27)19-8-7-18(11-20(19)31-14)30-12-21(26)25(2)17-9-10-32(28,29)13-17/h3-8,11,17H,9-10,12-13H2,1-2H3. The molecule has 9 heteroatoms. The SMILES string of the molecule is Cc1oc2cc(OCC(=O)N(C)C3CCS(=O)(=O)C3)ccc2c(=O)c1-c1ccc(Cl)cc1. The van der Waals surface area contributed by atoms with E-state index in [9.17, 15) is 18.0 Å². The second-order valence-corrected chi connectivity index (χ2v) is 10.5. The van der Waals surface area contributed by atoms with Gasteiger partial charge in [0.15, 0.2) is 16.4 Å². The number of aryl methyl sites for hydroxylation is 1. The average molecular weight is 476 g/mol. The lowest BCUT2D eigenvalue weighted by Gasteiger charge is -2.23. The van der Waals surface area contributed by atoms with Crippen molar-refractivity contribution >= 4 is 38.3 Å². The van der Waals surface area contributed by atoms with E-state index in [1.54, 1.807) is 56.4 Å². The Hall–Kier alpha value is -2.84. The molecule has 4 rings (SSSR count). The molecule has 3 aromatic rings. The third-order valence-electron chi connectivity index (χ3n) is 5.68. The van der Waals surface area contributed by atoms with Crippen LogP contribution < -0.4 is 10.2 Å². The molecular weight excluding hydrogens is 454 g/mol. The zero-order valence-corrected chi connectivity index (χ0v) is 19.2. The Labute approximate surface area is 190 Å². The normalized spacial score (nSPS) is 17.4. The Balaban J connectivity index is 1.53. The Morgan fingerprint density at radius 2 is 1.94 bits per heavy atom. The molecule has 1 amide bonds. The predicted molar refractivity (Wildman–Crippen MR) is 123 cm³/mol. The second kappa shape index (κ2) is 8.60. The fourth-order valence-corrected chi connectivity index (χ4v) is 5.76. The fourth-order valence-electron chi connectivity index (χ4n) is 3.86. The zero-order chi connectivity index (χ0) is 23.0. The summed E-state index contributed by atoms with van der Waals surface area (Å²) in [5.41, 5.74) is 1.36. The molecule has 2 heterocycles. The maximum absolute atomic E-state index is 13.1. The molecule has 32 heavy (non-hydrogen) atoms. The molecule has 0 bridgehead atoms. The minimum Gasteiger partial charge on any atom is -0.484 e. The number of hydrogen-bond acceptors (Lipinski definition) is 6. The van der Waals surface area contributed by atoms with Crippen molar-refractivity contribution in [2.45, 2.75) is 19.4 Å². The molecular formula is C23H22ClNO6S. The Morgan fingerprint density at radius 1 is 1.22 bits per heavy atom. The molecule has 7 nitrogen and oxygen atoms in total. The summed E-state index contributed by atoms with van der Waals surface area (Å²) in [6.07, 6.45) is 0.431. The predicted octanol–water partition coefficient (Wildman–Crippen LogP) is 3.45. The molecule has 0 spiro atoms. The van der Waals surface area contributed by atoms with Crippen molar-refractivity contribution in [3.05, 3.63) is 63.5 Å². The van der Waals surface area contributed by atoms with Crippen molar-refractivity contribution in [2.75, 3.05) is 25.2 Å². The molecule has 0 radical (unpaired) electrons. The maximum Gasteiger partial charge on any atom is 0.260 e. The van der Waals surface area contributed by atoms with Gasteiger partial charge in [-0.05, 0) is 43.2 Å². The number of nitrogens with zero attached hydrogens (tertiary/aromatic N) is 1. The maximum atomic E-state index is 13.1. The van der Waals surface area contributed by atoms with Crippen molar-refractivity contribution < 1.29 is 22.4 Å². The van der Waals surface area contributed by atoms with Crippen LogP contribution in [0.15, 0.2) is 51.7 Å². The number of rotatable bonds is 5. The first-order valence-corrected chi connectivity index (χ1v) is 12.3. The van der Waals surface area contributed by atoms with Crippen LogP contribution in [0.25, 0.3) is 22.1 Å². The summed E-state index contributed by atoms with van der Waals surface area (Å²) in [5, 5.41) is 0.973. The van der Waals surface area contributed by atoms with E-state index < -0.39 is 9.84 Å². The number of carbonyl (C=O) groups is 1. The molecule has 1 unspecified atom stereocenters. The van der Waals surface area contributed by atoms with E-state index in [2.05, 4.69) is 0 Å². The van der Waals surface area contributed by atoms with Crippen LogP contribution in [0.5, 0.6) is 5.75 Å². The van der Waals surface area contributed by atoms with Crippen LogP contribution in [0.4, 0.5) is 0 Å². The molecule has 1 aliphatic heterocycles. The number of fused-ring (bicyclic) bond motifs is 1. The topological polar surface area (TPSA) is 93.9 Å². The van der Waals surface area contributed by atoms with E-state index in [0.29, 0.717) is 45.0 Å². The molecule has 1 atom stereocenters. The highest BCUT2D eigenvalue weighted by atomic mass is 35.5. The van der Waals surface area contributed by atoms with Gasteiger partial charge in [-0.15, -0.1) is 0 Å². The van der Waals surface area contributed by atoms with Crippen molar-refractivity contribution in [2.24, 2.45) is 0 Å². The lowest BCUT2D eigenvalue weighted by atomic mass is 10.0. The van der Waals surface area contributed by atoms with Gasteiger partial charge in [-0.25, -0.2) is 8.42 Å². The van der Waals surface area contributed by atoms with E-state index in [4.69, 9.17) is 20.8 Å². The summed E-state index contributed by atoms with van der Waals surface area (Å²) in [7, 11) is -1.50.